The lowest BCUT2D eigenvalue weighted by Gasteiger charge is -2.38. The van der Waals surface area contributed by atoms with Gasteiger partial charge in [-0.25, -0.2) is 4.79 Å². The molecule has 1 unspecified atom stereocenters. The molecular formula is C19H34O5Si. The SMILES string of the molecule is C=C(C)C(=O)OC1C[C@H]2CC[C@@]1(C)C2(C)C.C=C[Si](OC)(OC)OC. The Labute approximate surface area is 153 Å². The first-order valence-corrected chi connectivity index (χ1v) is 10.5. The summed E-state index contributed by atoms with van der Waals surface area (Å²) in [6.45, 7) is 15.8. The summed E-state index contributed by atoms with van der Waals surface area (Å²) in [6.07, 6.45) is 3.58. The van der Waals surface area contributed by atoms with Gasteiger partial charge < -0.3 is 18.0 Å². The Kier molecular flexibility index (Phi) is 7.21. The van der Waals surface area contributed by atoms with Crippen LogP contribution in [0.25, 0.3) is 0 Å². The first-order valence-electron chi connectivity index (χ1n) is 8.69. The van der Waals surface area contributed by atoms with Crippen molar-refractivity contribution in [2.45, 2.75) is 53.1 Å². The summed E-state index contributed by atoms with van der Waals surface area (Å²) >= 11 is 0. The molecule has 0 aromatic rings. The molecule has 0 heterocycles. The fourth-order valence-corrected chi connectivity index (χ4v) is 5.04. The van der Waals surface area contributed by atoms with Crippen molar-refractivity contribution in [3.8, 4) is 0 Å². The van der Waals surface area contributed by atoms with E-state index in [1.165, 1.54) is 12.8 Å². The molecule has 0 aromatic heterocycles. The molecule has 0 radical (unpaired) electrons. The predicted octanol–water partition coefficient (Wildman–Crippen LogP) is 3.91. The number of carbonyl (C=O) groups excluding carboxylic acids is 1. The predicted molar refractivity (Wildman–Crippen MR) is 101 cm³/mol. The standard InChI is InChI=1S/C14H22O2.C5H12O3Si/c1-9(2)12(15)16-11-8-10-6-7-14(11,5)13(10,3)4;1-5-9(6-2,7-3)8-4/h10-11H,1,6-8H2,2-5H3;5H,1H2,2-4H3/t10-,11?,14-;/m1./s1. The average molecular weight is 371 g/mol. The van der Waals surface area contributed by atoms with Gasteiger partial charge in [0.2, 0.25) is 0 Å². The van der Waals surface area contributed by atoms with Gasteiger partial charge in [-0.05, 0) is 43.2 Å². The van der Waals surface area contributed by atoms with Crippen LogP contribution in [-0.4, -0.2) is 42.2 Å². The highest BCUT2D eigenvalue weighted by molar-refractivity contribution is 6.66. The van der Waals surface area contributed by atoms with E-state index in [-0.39, 0.29) is 17.5 Å². The summed E-state index contributed by atoms with van der Waals surface area (Å²) in [5, 5.41) is 0. The van der Waals surface area contributed by atoms with E-state index in [4.69, 9.17) is 18.0 Å². The molecule has 6 heteroatoms. The maximum absolute atomic E-state index is 11.6. The molecule has 0 spiro atoms. The van der Waals surface area contributed by atoms with Crippen LogP contribution in [0.2, 0.25) is 0 Å². The van der Waals surface area contributed by atoms with Gasteiger partial charge in [-0.2, -0.15) is 0 Å². The zero-order valence-corrected chi connectivity index (χ0v) is 17.8. The van der Waals surface area contributed by atoms with Crippen molar-refractivity contribution in [2.24, 2.45) is 16.7 Å². The maximum Gasteiger partial charge on any atom is 0.528 e. The zero-order chi connectivity index (χ0) is 19.5. The number of hydrogen-bond acceptors (Lipinski definition) is 5. The number of hydrogen-bond donors (Lipinski definition) is 0. The van der Waals surface area contributed by atoms with Gasteiger partial charge in [0.05, 0.1) is 0 Å². The molecule has 5 nitrogen and oxygen atoms in total. The lowest BCUT2D eigenvalue weighted by atomic mass is 9.70. The second kappa shape index (κ2) is 8.16. The van der Waals surface area contributed by atoms with E-state index < -0.39 is 8.80 Å². The van der Waals surface area contributed by atoms with Crippen molar-refractivity contribution in [1.82, 2.24) is 0 Å². The van der Waals surface area contributed by atoms with Crippen LogP contribution < -0.4 is 0 Å². The second-order valence-corrected chi connectivity index (χ2v) is 10.5. The minimum Gasteiger partial charge on any atom is -0.458 e. The lowest BCUT2D eigenvalue weighted by molar-refractivity contribution is -0.151. The summed E-state index contributed by atoms with van der Waals surface area (Å²) in [5.74, 6) is 0.481. The Balaban J connectivity index is 0.000000299. The second-order valence-electron chi connectivity index (χ2n) is 7.70. The molecule has 0 aromatic carbocycles. The summed E-state index contributed by atoms with van der Waals surface area (Å²) in [6, 6.07) is 0. The fraction of sp³-hybridized carbons (Fsp3) is 0.737. The number of rotatable bonds is 6. The molecule has 2 aliphatic carbocycles. The first kappa shape index (κ1) is 22.1. The van der Waals surface area contributed by atoms with Crippen LogP contribution in [0.5, 0.6) is 0 Å². The summed E-state index contributed by atoms with van der Waals surface area (Å²) < 4.78 is 20.5. The summed E-state index contributed by atoms with van der Waals surface area (Å²) in [7, 11) is 2.20. The van der Waals surface area contributed by atoms with Crippen molar-refractivity contribution in [2.75, 3.05) is 21.3 Å². The van der Waals surface area contributed by atoms with Gasteiger partial charge in [0, 0.05) is 32.3 Å². The summed E-state index contributed by atoms with van der Waals surface area (Å²) in [4.78, 5) is 11.6. The van der Waals surface area contributed by atoms with Crippen molar-refractivity contribution in [1.29, 1.82) is 0 Å². The Morgan fingerprint density at radius 2 is 1.68 bits per heavy atom. The minimum atomic E-state index is -2.43. The fourth-order valence-electron chi connectivity index (χ4n) is 4.04. The third-order valence-corrected chi connectivity index (χ3v) is 8.62. The van der Waals surface area contributed by atoms with Gasteiger partial charge >= 0.3 is 14.8 Å². The van der Waals surface area contributed by atoms with Crippen LogP contribution in [0.3, 0.4) is 0 Å². The lowest BCUT2D eigenvalue weighted by Crippen LogP contribution is -2.40. The van der Waals surface area contributed by atoms with Crippen LogP contribution in [-0.2, 0) is 22.8 Å². The molecule has 25 heavy (non-hydrogen) atoms. The average Bonchev–Trinajstić information content (AvgIpc) is 2.91. The molecule has 0 aliphatic heterocycles. The van der Waals surface area contributed by atoms with Gasteiger partial charge in [0.15, 0.2) is 0 Å². The Hall–Kier alpha value is -0.953. The molecule has 2 aliphatic rings. The van der Waals surface area contributed by atoms with Crippen LogP contribution in [0.1, 0.15) is 47.0 Å². The Morgan fingerprint density at radius 1 is 1.16 bits per heavy atom. The third kappa shape index (κ3) is 4.08. The van der Waals surface area contributed by atoms with E-state index in [2.05, 4.69) is 33.9 Å². The van der Waals surface area contributed by atoms with Crippen molar-refractivity contribution in [3.63, 3.8) is 0 Å². The van der Waals surface area contributed by atoms with Crippen molar-refractivity contribution < 1.29 is 22.8 Å². The molecule has 2 rings (SSSR count). The number of fused-ring (bicyclic) bond motifs is 2. The smallest absolute Gasteiger partial charge is 0.458 e. The molecule has 2 saturated carbocycles. The molecule has 2 bridgehead atoms. The Morgan fingerprint density at radius 3 is 1.92 bits per heavy atom. The van der Waals surface area contributed by atoms with Crippen molar-refractivity contribution >= 4 is 14.8 Å². The van der Waals surface area contributed by atoms with Crippen LogP contribution in [0.15, 0.2) is 24.4 Å². The topological polar surface area (TPSA) is 54.0 Å². The molecule has 3 atom stereocenters. The monoisotopic (exact) mass is 370 g/mol. The van der Waals surface area contributed by atoms with E-state index in [1.54, 1.807) is 34.0 Å². The van der Waals surface area contributed by atoms with Crippen LogP contribution in [0.4, 0.5) is 0 Å². The third-order valence-electron chi connectivity index (χ3n) is 6.42. The number of carbonyl (C=O) groups is 1. The zero-order valence-electron chi connectivity index (χ0n) is 16.8. The largest absolute Gasteiger partial charge is 0.528 e. The molecular weight excluding hydrogens is 336 g/mol. The van der Waals surface area contributed by atoms with Gasteiger partial charge in [-0.3, -0.25) is 0 Å². The highest BCUT2D eigenvalue weighted by Gasteiger charge is 2.62. The first-order chi connectivity index (χ1) is 11.5. The normalized spacial score (nSPS) is 29.6. The maximum atomic E-state index is 11.6. The quantitative estimate of drug-likeness (QED) is 0.403. The molecule has 0 saturated heterocycles. The minimum absolute atomic E-state index is 0.0884. The highest BCUT2D eigenvalue weighted by atomic mass is 28.4. The molecule has 144 valence electrons. The van der Waals surface area contributed by atoms with E-state index in [0.29, 0.717) is 16.9 Å². The van der Waals surface area contributed by atoms with Crippen LogP contribution in [0, 0.1) is 16.7 Å². The van der Waals surface area contributed by atoms with E-state index in [1.807, 2.05) is 0 Å². The van der Waals surface area contributed by atoms with Gasteiger partial charge in [0.25, 0.3) is 0 Å². The highest BCUT2D eigenvalue weighted by Crippen LogP contribution is 2.66. The van der Waals surface area contributed by atoms with Gasteiger partial charge in [-0.15, -0.1) is 0 Å². The number of esters is 1. The van der Waals surface area contributed by atoms with E-state index >= 15 is 0 Å². The molecule has 0 amide bonds. The summed E-state index contributed by atoms with van der Waals surface area (Å²) in [5.41, 5.74) is 2.53. The van der Waals surface area contributed by atoms with Gasteiger partial charge in [0.1, 0.15) is 6.10 Å². The van der Waals surface area contributed by atoms with Crippen molar-refractivity contribution in [3.05, 3.63) is 24.4 Å². The Bertz CT molecular complexity index is 504. The van der Waals surface area contributed by atoms with Gasteiger partial charge in [-0.1, -0.05) is 33.9 Å². The van der Waals surface area contributed by atoms with E-state index in [9.17, 15) is 4.79 Å². The number of ether oxygens (including phenoxy) is 1. The molecule has 0 N–H and O–H groups in total. The van der Waals surface area contributed by atoms with Crippen LogP contribution >= 0.6 is 0 Å². The van der Waals surface area contributed by atoms with E-state index in [0.717, 1.165) is 6.42 Å². The molecule has 2 fully saturated rings.